The molecule has 2 rings (SSSR count). The molecular formula is C11H11ClN2O. The second kappa shape index (κ2) is 4.47. The molecule has 0 fully saturated rings. The first-order valence-corrected chi connectivity index (χ1v) is 5.01. The van der Waals surface area contributed by atoms with Crippen molar-refractivity contribution in [3.05, 3.63) is 53.1 Å². The Morgan fingerprint density at radius 1 is 1.33 bits per heavy atom. The molecule has 0 aliphatic heterocycles. The van der Waals surface area contributed by atoms with E-state index in [9.17, 15) is 0 Å². The Labute approximate surface area is 93.0 Å². The number of nitrogens with zero attached hydrogens (tertiary/aromatic N) is 2. The lowest BCUT2D eigenvalue weighted by Crippen LogP contribution is -2.01. The fourth-order valence-electron chi connectivity index (χ4n) is 1.47. The van der Waals surface area contributed by atoms with Crippen LogP contribution >= 0.6 is 11.6 Å². The minimum Gasteiger partial charge on any atom is -0.392 e. The molecule has 1 aromatic heterocycles. The molecule has 0 amide bonds. The maximum Gasteiger partial charge on any atom is 0.0949 e. The van der Waals surface area contributed by atoms with Crippen LogP contribution in [0.5, 0.6) is 0 Å². The lowest BCUT2D eigenvalue weighted by atomic mass is 10.1. The number of halogens is 1. The summed E-state index contributed by atoms with van der Waals surface area (Å²) < 4.78 is 1.94. The zero-order valence-corrected chi connectivity index (χ0v) is 8.85. The number of hydrogen-bond donors (Lipinski definition) is 1. The van der Waals surface area contributed by atoms with Gasteiger partial charge in [-0.1, -0.05) is 17.7 Å². The van der Waals surface area contributed by atoms with Gasteiger partial charge < -0.3 is 9.67 Å². The highest BCUT2D eigenvalue weighted by molar-refractivity contribution is 6.30. The van der Waals surface area contributed by atoms with E-state index in [4.69, 9.17) is 16.7 Å². The lowest BCUT2D eigenvalue weighted by Gasteiger charge is -2.08. The SMILES string of the molecule is OCc1ccc(Cl)cc1Cn1ccnc1. The van der Waals surface area contributed by atoms with E-state index >= 15 is 0 Å². The van der Waals surface area contributed by atoms with Crippen LogP contribution in [0, 0.1) is 0 Å². The molecule has 1 heterocycles. The molecule has 4 heteroatoms. The topological polar surface area (TPSA) is 38.0 Å². The summed E-state index contributed by atoms with van der Waals surface area (Å²) in [6.45, 7) is 0.706. The Bertz CT molecular complexity index is 440. The van der Waals surface area contributed by atoms with Gasteiger partial charge in [0.1, 0.15) is 0 Å². The van der Waals surface area contributed by atoms with Crippen molar-refractivity contribution >= 4 is 11.6 Å². The summed E-state index contributed by atoms with van der Waals surface area (Å²) in [6, 6.07) is 5.49. The monoisotopic (exact) mass is 222 g/mol. The van der Waals surface area contributed by atoms with Gasteiger partial charge in [0.15, 0.2) is 0 Å². The van der Waals surface area contributed by atoms with E-state index in [1.54, 1.807) is 18.6 Å². The number of benzene rings is 1. The zero-order valence-electron chi connectivity index (χ0n) is 8.10. The van der Waals surface area contributed by atoms with E-state index in [1.165, 1.54) is 0 Å². The fourth-order valence-corrected chi connectivity index (χ4v) is 1.67. The first-order valence-electron chi connectivity index (χ1n) is 4.63. The number of hydrogen-bond acceptors (Lipinski definition) is 2. The van der Waals surface area contributed by atoms with E-state index in [2.05, 4.69) is 4.98 Å². The van der Waals surface area contributed by atoms with E-state index < -0.39 is 0 Å². The van der Waals surface area contributed by atoms with E-state index in [0.29, 0.717) is 11.6 Å². The average molecular weight is 223 g/mol. The Kier molecular flexibility index (Phi) is 3.04. The third-order valence-corrected chi connectivity index (χ3v) is 2.49. The zero-order chi connectivity index (χ0) is 10.7. The standard InChI is InChI=1S/C11H11ClN2O/c12-11-2-1-9(7-15)10(5-11)6-14-4-3-13-8-14/h1-5,8,15H,6-7H2. The smallest absolute Gasteiger partial charge is 0.0949 e. The first-order chi connectivity index (χ1) is 7.29. The van der Waals surface area contributed by atoms with Crippen molar-refractivity contribution in [2.75, 3.05) is 0 Å². The molecule has 0 spiro atoms. The van der Waals surface area contributed by atoms with Crippen molar-refractivity contribution in [1.82, 2.24) is 9.55 Å². The highest BCUT2D eigenvalue weighted by Crippen LogP contribution is 2.17. The number of aromatic nitrogens is 2. The molecule has 1 N–H and O–H groups in total. The molecule has 0 bridgehead atoms. The van der Waals surface area contributed by atoms with Gasteiger partial charge in [-0.3, -0.25) is 0 Å². The van der Waals surface area contributed by atoms with Crippen molar-refractivity contribution in [3.63, 3.8) is 0 Å². The Hall–Kier alpha value is -1.32. The molecule has 1 aromatic carbocycles. The number of imidazole rings is 1. The largest absolute Gasteiger partial charge is 0.392 e. The molecule has 0 aliphatic carbocycles. The fraction of sp³-hybridized carbons (Fsp3) is 0.182. The van der Waals surface area contributed by atoms with Gasteiger partial charge in [0.05, 0.1) is 12.9 Å². The van der Waals surface area contributed by atoms with Gasteiger partial charge in [-0.15, -0.1) is 0 Å². The predicted molar refractivity (Wildman–Crippen MR) is 58.7 cm³/mol. The molecule has 0 radical (unpaired) electrons. The van der Waals surface area contributed by atoms with Crippen LogP contribution in [-0.2, 0) is 13.2 Å². The van der Waals surface area contributed by atoms with Gasteiger partial charge in [0, 0.05) is 24.0 Å². The summed E-state index contributed by atoms with van der Waals surface area (Å²) >= 11 is 5.91. The average Bonchev–Trinajstić information content (AvgIpc) is 2.71. The van der Waals surface area contributed by atoms with Crippen LogP contribution in [0.15, 0.2) is 36.9 Å². The first kappa shape index (κ1) is 10.2. The number of aliphatic hydroxyl groups excluding tert-OH is 1. The Balaban J connectivity index is 2.30. The minimum absolute atomic E-state index is 0.0290. The third-order valence-electron chi connectivity index (χ3n) is 2.25. The third kappa shape index (κ3) is 2.37. The summed E-state index contributed by atoms with van der Waals surface area (Å²) in [5, 5.41) is 9.85. The van der Waals surface area contributed by atoms with Crippen LogP contribution in [0.4, 0.5) is 0 Å². The van der Waals surface area contributed by atoms with Crippen molar-refractivity contribution in [2.24, 2.45) is 0 Å². The number of rotatable bonds is 3. The van der Waals surface area contributed by atoms with Crippen molar-refractivity contribution in [1.29, 1.82) is 0 Å². The summed E-state index contributed by atoms with van der Waals surface area (Å²) in [7, 11) is 0. The van der Waals surface area contributed by atoms with Gasteiger partial charge in [0.2, 0.25) is 0 Å². The molecule has 78 valence electrons. The molecule has 3 nitrogen and oxygen atoms in total. The lowest BCUT2D eigenvalue weighted by molar-refractivity contribution is 0.280. The maximum absolute atomic E-state index is 9.17. The van der Waals surface area contributed by atoms with E-state index in [1.807, 2.05) is 22.9 Å². The van der Waals surface area contributed by atoms with Gasteiger partial charge in [0.25, 0.3) is 0 Å². The van der Waals surface area contributed by atoms with E-state index in [-0.39, 0.29) is 6.61 Å². The molecule has 2 aromatic rings. The maximum atomic E-state index is 9.17. The summed E-state index contributed by atoms with van der Waals surface area (Å²) in [6.07, 6.45) is 5.34. The van der Waals surface area contributed by atoms with Crippen LogP contribution in [0.3, 0.4) is 0 Å². The molecule has 0 saturated heterocycles. The Morgan fingerprint density at radius 2 is 2.20 bits per heavy atom. The minimum atomic E-state index is 0.0290. The predicted octanol–water partition coefficient (Wildman–Crippen LogP) is 2.08. The molecule has 0 aliphatic rings. The van der Waals surface area contributed by atoms with Crippen LogP contribution in [0.2, 0.25) is 5.02 Å². The second-order valence-corrected chi connectivity index (χ2v) is 3.74. The molecule has 15 heavy (non-hydrogen) atoms. The van der Waals surface area contributed by atoms with E-state index in [0.717, 1.165) is 11.1 Å². The van der Waals surface area contributed by atoms with Crippen LogP contribution < -0.4 is 0 Å². The quantitative estimate of drug-likeness (QED) is 0.864. The van der Waals surface area contributed by atoms with Crippen molar-refractivity contribution in [2.45, 2.75) is 13.2 Å². The number of aliphatic hydroxyl groups is 1. The summed E-state index contributed by atoms with van der Waals surface area (Å²) in [5.41, 5.74) is 1.91. The van der Waals surface area contributed by atoms with Crippen molar-refractivity contribution in [3.8, 4) is 0 Å². The second-order valence-electron chi connectivity index (χ2n) is 3.31. The summed E-state index contributed by atoms with van der Waals surface area (Å²) in [5.74, 6) is 0. The Morgan fingerprint density at radius 3 is 2.87 bits per heavy atom. The highest BCUT2D eigenvalue weighted by atomic mass is 35.5. The van der Waals surface area contributed by atoms with Gasteiger partial charge >= 0.3 is 0 Å². The van der Waals surface area contributed by atoms with Crippen molar-refractivity contribution < 1.29 is 5.11 Å². The van der Waals surface area contributed by atoms with Crippen LogP contribution in [0.25, 0.3) is 0 Å². The van der Waals surface area contributed by atoms with Gasteiger partial charge in [-0.05, 0) is 23.3 Å². The molecule has 0 atom stereocenters. The van der Waals surface area contributed by atoms with Gasteiger partial charge in [-0.25, -0.2) is 4.98 Å². The molecule has 0 unspecified atom stereocenters. The van der Waals surface area contributed by atoms with Crippen LogP contribution in [-0.4, -0.2) is 14.7 Å². The van der Waals surface area contributed by atoms with Crippen LogP contribution in [0.1, 0.15) is 11.1 Å². The molecule has 0 saturated carbocycles. The molecular weight excluding hydrogens is 212 g/mol. The highest BCUT2D eigenvalue weighted by Gasteiger charge is 2.03. The normalized spacial score (nSPS) is 10.5. The van der Waals surface area contributed by atoms with Gasteiger partial charge in [-0.2, -0.15) is 0 Å². The summed E-state index contributed by atoms with van der Waals surface area (Å²) in [4.78, 5) is 3.96.